The Morgan fingerprint density at radius 3 is 2.83 bits per heavy atom. The molecule has 0 radical (unpaired) electrons. The first kappa shape index (κ1) is 14.8. The number of nitrogens with zero attached hydrogens (tertiary/aromatic N) is 2. The van der Waals surface area contributed by atoms with Crippen LogP contribution in [0.1, 0.15) is 33.6 Å². The number of piperidine rings is 1. The first-order valence-electron chi connectivity index (χ1n) is 6.32. The molecule has 104 valence electrons. The number of amides is 1. The summed E-state index contributed by atoms with van der Waals surface area (Å²) in [6.45, 7) is 7.19. The van der Waals surface area contributed by atoms with Crippen molar-refractivity contribution in [3.8, 4) is 0 Å². The number of likely N-dealkylation sites (tertiary alicyclic amines) is 1. The van der Waals surface area contributed by atoms with Gasteiger partial charge >= 0.3 is 0 Å². The van der Waals surface area contributed by atoms with Gasteiger partial charge in [-0.3, -0.25) is 4.79 Å². The molecule has 0 aromatic heterocycles. The molecule has 6 nitrogen and oxygen atoms in total. The predicted octanol–water partition coefficient (Wildman–Crippen LogP) is 0.786. The molecule has 1 atom stereocenters. The van der Waals surface area contributed by atoms with Crippen molar-refractivity contribution in [1.29, 1.82) is 0 Å². The van der Waals surface area contributed by atoms with Gasteiger partial charge in [0.2, 0.25) is 5.91 Å². The Kier molecular flexibility index (Phi) is 4.95. The van der Waals surface area contributed by atoms with E-state index in [2.05, 4.69) is 5.16 Å². The molecule has 1 heterocycles. The minimum Gasteiger partial charge on any atom is -0.409 e. The molecule has 0 aromatic rings. The molecular formula is C12H23N3O3. The van der Waals surface area contributed by atoms with Gasteiger partial charge in [-0.05, 0) is 33.6 Å². The highest BCUT2D eigenvalue weighted by Gasteiger charge is 2.38. The number of hydrogen-bond acceptors (Lipinski definition) is 4. The normalized spacial score (nSPS) is 22.1. The lowest BCUT2D eigenvalue weighted by Crippen LogP contribution is -2.52. The topological polar surface area (TPSA) is 88.2 Å². The quantitative estimate of drug-likeness (QED) is 0.337. The molecule has 3 N–H and O–H groups in total. The van der Waals surface area contributed by atoms with E-state index in [1.165, 1.54) is 0 Å². The Morgan fingerprint density at radius 2 is 2.28 bits per heavy atom. The molecule has 6 heteroatoms. The average Bonchev–Trinajstić information content (AvgIpc) is 2.37. The number of oxime groups is 1. The van der Waals surface area contributed by atoms with E-state index >= 15 is 0 Å². The van der Waals surface area contributed by atoms with E-state index in [-0.39, 0.29) is 17.8 Å². The number of hydrogen-bond donors (Lipinski definition) is 2. The Bertz CT molecular complexity index is 327. The molecule has 1 unspecified atom stereocenters. The highest BCUT2D eigenvalue weighted by molar-refractivity contribution is 6.05. The Labute approximate surface area is 108 Å². The average molecular weight is 257 g/mol. The SMILES string of the molecule is CCOC1CCCN(C(=O)C(C)(C)C(N)=NO)C1. The van der Waals surface area contributed by atoms with Crippen molar-refractivity contribution in [1.82, 2.24) is 4.90 Å². The van der Waals surface area contributed by atoms with Gasteiger partial charge in [-0.2, -0.15) is 0 Å². The molecule has 1 fully saturated rings. The van der Waals surface area contributed by atoms with Crippen LogP contribution in [0.25, 0.3) is 0 Å². The van der Waals surface area contributed by atoms with Crippen LogP contribution in [0.4, 0.5) is 0 Å². The number of amidine groups is 1. The van der Waals surface area contributed by atoms with Gasteiger partial charge in [-0.15, -0.1) is 0 Å². The maximum absolute atomic E-state index is 12.4. The molecule has 1 amide bonds. The Morgan fingerprint density at radius 1 is 1.61 bits per heavy atom. The number of nitrogens with two attached hydrogens (primary N) is 1. The van der Waals surface area contributed by atoms with Crippen molar-refractivity contribution in [3.05, 3.63) is 0 Å². The fourth-order valence-corrected chi connectivity index (χ4v) is 2.12. The lowest BCUT2D eigenvalue weighted by Gasteiger charge is -2.36. The van der Waals surface area contributed by atoms with Crippen LogP contribution in [0, 0.1) is 5.41 Å². The lowest BCUT2D eigenvalue weighted by molar-refractivity contribution is -0.141. The maximum atomic E-state index is 12.4. The second-order valence-electron chi connectivity index (χ2n) is 5.08. The highest BCUT2D eigenvalue weighted by atomic mass is 16.5. The summed E-state index contributed by atoms with van der Waals surface area (Å²) in [7, 11) is 0. The largest absolute Gasteiger partial charge is 0.409 e. The van der Waals surface area contributed by atoms with Crippen LogP contribution < -0.4 is 5.73 Å². The molecule has 0 spiro atoms. The van der Waals surface area contributed by atoms with Crippen molar-refractivity contribution in [2.24, 2.45) is 16.3 Å². The van der Waals surface area contributed by atoms with Gasteiger partial charge in [-0.25, -0.2) is 0 Å². The van der Waals surface area contributed by atoms with Gasteiger partial charge in [0.15, 0.2) is 5.84 Å². The van der Waals surface area contributed by atoms with E-state index < -0.39 is 5.41 Å². The molecule has 1 rings (SSSR count). The zero-order valence-electron chi connectivity index (χ0n) is 11.3. The minimum atomic E-state index is -0.983. The summed E-state index contributed by atoms with van der Waals surface area (Å²) >= 11 is 0. The minimum absolute atomic E-state index is 0.0639. The van der Waals surface area contributed by atoms with Crippen molar-refractivity contribution < 1.29 is 14.7 Å². The summed E-state index contributed by atoms with van der Waals surface area (Å²) in [6, 6.07) is 0. The molecule has 18 heavy (non-hydrogen) atoms. The molecule has 1 aliphatic heterocycles. The number of ether oxygens (including phenoxy) is 1. The van der Waals surface area contributed by atoms with Crippen LogP contribution >= 0.6 is 0 Å². The van der Waals surface area contributed by atoms with Crippen LogP contribution in [0.5, 0.6) is 0 Å². The monoisotopic (exact) mass is 257 g/mol. The first-order valence-corrected chi connectivity index (χ1v) is 6.32. The third-order valence-corrected chi connectivity index (χ3v) is 3.35. The van der Waals surface area contributed by atoms with Crippen LogP contribution in [0.15, 0.2) is 5.16 Å². The fraction of sp³-hybridized carbons (Fsp3) is 0.833. The summed E-state index contributed by atoms with van der Waals surface area (Å²) in [6.07, 6.45) is 1.99. The van der Waals surface area contributed by atoms with E-state index in [9.17, 15) is 4.79 Å². The van der Waals surface area contributed by atoms with Crippen LogP contribution in [-0.4, -0.2) is 47.7 Å². The summed E-state index contributed by atoms with van der Waals surface area (Å²) in [4.78, 5) is 14.1. The van der Waals surface area contributed by atoms with E-state index in [4.69, 9.17) is 15.7 Å². The van der Waals surface area contributed by atoms with Crippen LogP contribution in [-0.2, 0) is 9.53 Å². The predicted molar refractivity (Wildman–Crippen MR) is 68.4 cm³/mol. The standard InChI is InChI=1S/C12H23N3O3/c1-4-18-9-6-5-7-15(8-9)11(16)12(2,3)10(13)14-17/h9,17H,4-8H2,1-3H3,(H2,13,14). The lowest BCUT2D eigenvalue weighted by atomic mass is 9.89. The molecule has 1 aliphatic rings. The summed E-state index contributed by atoms with van der Waals surface area (Å²) in [5, 5.41) is 11.7. The van der Waals surface area contributed by atoms with Gasteiger partial charge in [0.05, 0.1) is 6.10 Å². The second-order valence-corrected chi connectivity index (χ2v) is 5.08. The number of carbonyl (C=O) groups is 1. The van der Waals surface area contributed by atoms with Crippen molar-refractivity contribution in [2.45, 2.75) is 39.7 Å². The fourth-order valence-electron chi connectivity index (χ4n) is 2.12. The second kappa shape index (κ2) is 6.04. The van der Waals surface area contributed by atoms with E-state index in [1.54, 1.807) is 18.7 Å². The van der Waals surface area contributed by atoms with Gasteiger partial charge in [0, 0.05) is 19.7 Å². The van der Waals surface area contributed by atoms with E-state index in [0.717, 1.165) is 12.8 Å². The zero-order valence-corrected chi connectivity index (χ0v) is 11.3. The van der Waals surface area contributed by atoms with Crippen molar-refractivity contribution in [3.63, 3.8) is 0 Å². The summed E-state index contributed by atoms with van der Waals surface area (Å²) in [5.74, 6) is -0.187. The van der Waals surface area contributed by atoms with Gasteiger partial charge in [0.1, 0.15) is 5.41 Å². The molecule has 0 bridgehead atoms. The number of carbonyl (C=O) groups excluding carboxylic acids is 1. The maximum Gasteiger partial charge on any atom is 0.236 e. The zero-order chi connectivity index (χ0) is 13.8. The van der Waals surface area contributed by atoms with Gasteiger partial charge < -0.3 is 20.6 Å². The smallest absolute Gasteiger partial charge is 0.236 e. The Hall–Kier alpha value is -1.30. The first-order chi connectivity index (χ1) is 8.43. The van der Waals surface area contributed by atoms with Crippen molar-refractivity contribution >= 4 is 11.7 Å². The van der Waals surface area contributed by atoms with Gasteiger partial charge in [-0.1, -0.05) is 5.16 Å². The van der Waals surface area contributed by atoms with Crippen LogP contribution in [0.3, 0.4) is 0 Å². The van der Waals surface area contributed by atoms with E-state index in [0.29, 0.717) is 19.7 Å². The summed E-state index contributed by atoms with van der Waals surface area (Å²) in [5.41, 5.74) is 4.59. The molecule has 0 aliphatic carbocycles. The number of rotatable bonds is 4. The van der Waals surface area contributed by atoms with Crippen molar-refractivity contribution in [2.75, 3.05) is 19.7 Å². The molecular weight excluding hydrogens is 234 g/mol. The third-order valence-electron chi connectivity index (χ3n) is 3.35. The summed E-state index contributed by atoms with van der Waals surface area (Å²) < 4.78 is 5.56. The highest BCUT2D eigenvalue weighted by Crippen LogP contribution is 2.23. The molecule has 0 aromatic carbocycles. The third kappa shape index (κ3) is 3.13. The van der Waals surface area contributed by atoms with Gasteiger partial charge in [0.25, 0.3) is 0 Å². The van der Waals surface area contributed by atoms with E-state index in [1.807, 2.05) is 6.92 Å². The van der Waals surface area contributed by atoms with Crippen LogP contribution in [0.2, 0.25) is 0 Å². The Balaban J connectivity index is 2.72. The molecule has 1 saturated heterocycles. The molecule has 0 saturated carbocycles.